The van der Waals surface area contributed by atoms with Crippen molar-refractivity contribution >= 4 is 28.5 Å². The molecule has 0 spiro atoms. The second kappa shape index (κ2) is 11.8. The Balaban J connectivity index is 1.81. The van der Waals surface area contributed by atoms with Crippen LogP contribution in [0.25, 0.3) is 11.0 Å². The number of fused-ring (bicyclic) bond motifs is 1. The van der Waals surface area contributed by atoms with Gasteiger partial charge in [-0.3, -0.25) is 4.79 Å². The molecule has 1 N–H and O–H groups in total. The maximum absolute atomic E-state index is 13.6. The van der Waals surface area contributed by atoms with Crippen LogP contribution < -0.4 is 20.6 Å². The standard InChI is InChI=1S/C25H32N6O5/c1-4-6-12-36-31-23-19(17(3)28-16-29-23)21(20(24(31)32)25(33)35-5-2)27-15-18-8-7-9-26-22(18)30-10-13-34-14-11-30/h7-9,16,27H,4-6,10-15H2,1-3H3. The Hall–Kier alpha value is -3.73. The molecule has 1 aliphatic rings. The smallest absolute Gasteiger partial charge is 0.346 e. The normalized spacial score (nSPS) is 13.6. The Bertz CT molecular complexity index is 1270. The molecule has 1 aliphatic heterocycles. The molecular formula is C25H32N6O5. The average Bonchev–Trinajstić information content (AvgIpc) is 2.89. The van der Waals surface area contributed by atoms with E-state index >= 15 is 0 Å². The molecular weight excluding hydrogens is 464 g/mol. The number of esters is 1. The minimum absolute atomic E-state index is 0.125. The topological polar surface area (TPSA) is 121 Å². The van der Waals surface area contributed by atoms with Crippen LogP contribution >= 0.6 is 0 Å². The largest absolute Gasteiger partial charge is 0.462 e. The first-order valence-corrected chi connectivity index (χ1v) is 12.3. The Morgan fingerprint density at radius 1 is 1.19 bits per heavy atom. The quantitative estimate of drug-likeness (QED) is 0.331. The van der Waals surface area contributed by atoms with Crippen LogP contribution in [0.2, 0.25) is 0 Å². The van der Waals surface area contributed by atoms with E-state index in [1.807, 2.05) is 19.1 Å². The molecule has 0 radical (unpaired) electrons. The van der Waals surface area contributed by atoms with Gasteiger partial charge in [0, 0.05) is 31.4 Å². The summed E-state index contributed by atoms with van der Waals surface area (Å²) < 4.78 is 11.8. The molecule has 1 saturated heterocycles. The number of carbonyl (C=O) groups is 1. The van der Waals surface area contributed by atoms with Gasteiger partial charge < -0.3 is 24.5 Å². The number of ether oxygens (including phenoxy) is 2. The molecule has 0 aromatic carbocycles. The number of carbonyl (C=O) groups excluding carboxylic acids is 1. The molecule has 3 aromatic heterocycles. The predicted octanol–water partition coefficient (Wildman–Crippen LogP) is 2.35. The summed E-state index contributed by atoms with van der Waals surface area (Å²) in [6, 6.07) is 3.83. The lowest BCUT2D eigenvalue weighted by Gasteiger charge is -2.29. The number of unbranched alkanes of at least 4 members (excludes halogenated alkanes) is 1. The average molecular weight is 497 g/mol. The van der Waals surface area contributed by atoms with E-state index in [0.29, 0.717) is 48.8 Å². The van der Waals surface area contributed by atoms with E-state index < -0.39 is 11.5 Å². The number of pyridine rings is 2. The van der Waals surface area contributed by atoms with Gasteiger partial charge in [-0.15, -0.1) is 4.73 Å². The molecule has 4 rings (SSSR count). The van der Waals surface area contributed by atoms with Crippen LogP contribution in [0.1, 0.15) is 48.3 Å². The summed E-state index contributed by atoms with van der Waals surface area (Å²) in [7, 11) is 0. The zero-order chi connectivity index (χ0) is 25.5. The number of rotatable bonds is 10. The zero-order valence-electron chi connectivity index (χ0n) is 21.0. The van der Waals surface area contributed by atoms with Crippen molar-refractivity contribution in [3.63, 3.8) is 0 Å². The molecule has 36 heavy (non-hydrogen) atoms. The molecule has 0 saturated carbocycles. The molecule has 11 heteroatoms. The van der Waals surface area contributed by atoms with Crippen LogP contribution in [0.5, 0.6) is 0 Å². The number of anilines is 2. The summed E-state index contributed by atoms with van der Waals surface area (Å²) in [6.07, 6.45) is 4.77. The van der Waals surface area contributed by atoms with Gasteiger partial charge in [0.15, 0.2) is 11.2 Å². The fraction of sp³-hybridized carbons (Fsp3) is 0.480. The van der Waals surface area contributed by atoms with Crippen molar-refractivity contribution < 1.29 is 19.1 Å². The second-order valence-electron chi connectivity index (χ2n) is 8.35. The number of aryl methyl sites for hydroxylation is 1. The molecule has 0 aliphatic carbocycles. The Labute approximate surface area is 209 Å². The van der Waals surface area contributed by atoms with E-state index in [-0.39, 0.29) is 12.2 Å². The highest BCUT2D eigenvalue weighted by atomic mass is 16.7. The number of hydrogen-bond donors (Lipinski definition) is 1. The molecule has 4 heterocycles. The summed E-state index contributed by atoms with van der Waals surface area (Å²) in [5.41, 5.74) is 1.35. The third-order valence-electron chi connectivity index (χ3n) is 5.94. The summed E-state index contributed by atoms with van der Waals surface area (Å²) in [5.74, 6) is 0.0992. The third-order valence-corrected chi connectivity index (χ3v) is 5.94. The fourth-order valence-corrected chi connectivity index (χ4v) is 4.14. The maximum Gasteiger partial charge on any atom is 0.346 e. The van der Waals surface area contributed by atoms with E-state index in [1.54, 1.807) is 20.0 Å². The number of aromatic nitrogens is 4. The van der Waals surface area contributed by atoms with Crippen molar-refractivity contribution in [2.24, 2.45) is 0 Å². The van der Waals surface area contributed by atoms with Gasteiger partial charge in [0.05, 0.1) is 36.6 Å². The Kier molecular flexibility index (Phi) is 8.32. The van der Waals surface area contributed by atoms with Gasteiger partial charge in [-0.25, -0.2) is 19.7 Å². The molecule has 192 valence electrons. The van der Waals surface area contributed by atoms with Crippen LogP contribution in [0, 0.1) is 6.92 Å². The molecule has 0 amide bonds. The molecule has 11 nitrogen and oxygen atoms in total. The molecule has 0 unspecified atom stereocenters. The van der Waals surface area contributed by atoms with Crippen molar-refractivity contribution in [1.82, 2.24) is 19.7 Å². The van der Waals surface area contributed by atoms with Gasteiger partial charge in [-0.05, 0) is 26.3 Å². The zero-order valence-corrected chi connectivity index (χ0v) is 21.0. The minimum atomic E-state index is -0.734. The lowest BCUT2D eigenvalue weighted by Crippen LogP contribution is -2.37. The molecule has 0 atom stereocenters. The summed E-state index contributed by atoms with van der Waals surface area (Å²) >= 11 is 0. The molecule has 0 bridgehead atoms. The highest BCUT2D eigenvalue weighted by molar-refractivity contribution is 6.05. The number of nitrogens with one attached hydrogen (secondary N) is 1. The monoisotopic (exact) mass is 496 g/mol. The van der Waals surface area contributed by atoms with Crippen LogP contribution in [-0.2, 0) is 16.0 Å². The van der Waals surface area contributed by atoms with Crippen molar-refractivity contribution in [2.75, 3.05) is 49.7 Å². The van der Waals surface area contributed by atoms with E-state index in [1.165, 1.54) is 6.33 Å². The van der Waals surface area contributed by atoms with Gasteiger partial charge in [0.2, 0.25) is 0 Å². The van der Waals surface area contributed by atoms with E-state index in [4.69, 9.17) is 14.3 Å². The first-order chi connectivity index (χ1) is 17.6. The fourth-order valence-electron chi connectivity index (χ4n) is 4.14. The van der Waals surface area contributed by atoms with Gasteiger partial charge in [-0.2, -0.15) is 0 Å². The van der Waals surface area contributed by atoms with E-state index in [2.05, 4.69) is 25.2 Å². The Morgan fingerprint density at radius 2 is 2.00 bits per heavy atom. The van der Waals surface area contributed by atoms with Crippen LogP contribution in [-0.4, -0.2) is 65.2 Å². The number of hydrogen-bond acceptors (Lipinski definition) is 10. The predicted molar refractivity (Wildman–Crippen MR) is 135 cm³/mol. The number of morpholine rings is 1. The third kappa shape index (κ3) is 5.25. The molecule has 3 aromatic rings. The van der Waals surface area contributed by atoms with Crippen molar-refractivity contribution in [3.8, 4) is 0 Å². The SMILES string of the molecule is CCCCOn1c(=O)c(C(=O)OCC)c(NCc2cccnc2N2CCOCC2)c2c(C)ncnc21. The van der Waals surface area contributed by atoms with Gasteiger partial charge >= 0.3 is 11.5 Å². The van der Waals surface area contributed by atoms with E-state index in [0.717, 1.165) is 42.0 Å². The van der Waals surface area contributed by atoms with Crippen molar-refractivity contribution in [1.29, 1.82) is 0 Å². The highest BCUT2D eigenvalue weighted by Crippen LogP contribution is 2.28. The lowest BCUT2D eigenvalue weighted by atomic mass is 10.1. The summed E-state index contributed by atoms with van der Waals surface area (Å²) in [4.78, 5) is 47.8. The maximum atomic E-state index is 13.6. The van der Waals surface area contributed by atoms with Crippen molar-refractivity contribution in [3.05, 3.63) is 51.8 Å². The van der Waals surface area contributed by atoms with Crippen LogP contribution in [0.3, 0.4) is 0 Å². The van der Waals surface area contributed by atoms with Gasteiger partial charge in [-0.1, -0.05) is 19.4 Å². The lowest BCUT2D eigenvalue weighted by molar-refractivity contribution is 0.0515. The van der Waals surface area contributed by atoms with Crippen LogP contribution in [0.4, 0.5) is 11.5 Å². The van der Waals surface area contributed by atoms with Gasteiger partial charge in [0.1, 0.15) is 18.8 Å². The van der Waals surface area contributed by atoms with E-state index in [9.17, 15) is 9.59 Å². The highest BCUT2D eigenvalue weighted by Gasteiger charge is 2.27. The van der Waals surface area contributed by atoms with Gasteiger partial charge in [0.25, 0.3) is 0 Å². The number of nitrogens with zero attached hydrogens (tertiary/aromatic N) is 5. The first-order valence-electron chi connectivity index (χ1n) is 12.3. The first kappa shape index (κ1) is 25.4. The minimum Gasteiger partial charge on any atom is -0.462 e. The second-order valence-corrected chi connectivity index (χ2v) is 8.35. The van der Waals surface area contributed by atoms with Crippen LogP contribution in [0.15, 0.2) is 29.5 Å². The Morgan fingerprint density at radius 3 is 2.75 bits per heavy atom. The summed E-state index contributed by atoms with van der Waals surface area (Å²) in [6.45, 7) is 9.01. The summed E-state index contributed by atoms with van der Waals surface area (Å²) in [5, 5.41) is 3.84. The molecule has 1 fully saturated rings. The van der Waals surface area contributed by atoms with Crippen molar-refractivity contribution in [2.45, 2.75) is 40.2 Å².